The molecule has 1 saturated carbocycles. The van der Waals surface area contributed by atoms with Crippen molar-refractivity contribution in [2.24, 2.45) is 5.92 Å². The van der Waals surface area contributed by atoms with Gasteiger partial charge in [-0.3, -0.25) is 4.79 Å². The normalized spacial score (nSPS) is 21.4. The number of carbonyl (C=O) groups is 2. The summed E-state index contributed by atoms with van der Waals surface area (Å²) in [6.45, 7) is 3.57. The fraction of sp³-hybridized carbons (Fsp3) is 0.833. The second-order valence-corrected chi connectivity index (χ2v) is 5.20. The van der Waals surface area contributed by atoms with Crippen LogP contribution in [0.4, 0.5) is 4.79 Å². The molecule has 5 nitrogen and oxygen atoms in total. The molecule has 1 saturated heterocycles. The van der Waals surface area contributed by atoms with Gasteiger partial charge in [-0.15, -0.1) is 0 Å². The number of nitrogens with zero attached hydrogens (tertiary/aromatic N) is 2. The van der Waals surface area contributed by atoms with E-state index in [4.69, 9.17) is 5.11 Å². The number of aliphatic carboxylic acids is 1. The summed E-state index contributed by atoms with van der Waals surface area (Å²) < 4.78 is 0. The number of rotatable bonds is 3. The highest BCUT2D eigenvalue weighted by Gasteiger charge is 2.36. The Balaban J connectivity index is 1.93. The zero-order valence-electron chi connectivity index (χ0n) is 10.3. The second kappa shape index (κ2) is 4.94. The van der Waals surface area contributed by atoms with E-state index >= 15 is 0 Å². The van der Waals surface area contributed by atoms with Crippen molar-refractivity contribution < 1.29 is 14.7 Å². The van der Waals surface area contributed by atoms with E-state index in [1.165, 1.54) is 4.90 Å². The third kappa shape index (κ3) is 3.11. The molecule has 0 aromatic heterocycles. The lowest BCUT2D eigenvalue weighted by molar-refractivity contribution is -0.137. The first-order chi connectivity index (χ1) is 8.08. The summed E-state index contributed by atoms with van der Waals surface area (Å²) in [5, 5.41) is 8.84. The lowest BCUT2D eigenvalue weighted by Crippen LogP contribution is -2.49. The van der Waals surface area contributed by atoms with Gasteiger partial charge in [0.2, 0.25) is 0 Å². The van der Waals surface area contributed by atoms with Crippen LogP contribution in [0.25, 0.3) is 0 Å². The minimum atomic E-state index is -0.921. The number of urea groups is 1. The summed E-state index contributed by atoms with van der Waals surface area (Å²) in [6.07, 6.45) is 3.95. The third-order valence-electron chi connectivity index (χ3n) is 3.59. The van der Waals surface area contributed by atoms with Crippen molar-refractivity contribution >= 4 is 12.0 Å². The highest BCUT2D eigenvalue weighted by atomic mass is 16.4. The van der Waals surface area contributed by atoms with Crippen LogP contribution in [0.15, 0.2) is 0 Å². The van der Waals surface area contributed by atoms with E-state index in [0.29, 0.717) is 5.92 Å². The predicted molar refractivity (Wildman–Crippen MR) is 62.7 cm³/mol. The van der Waals surface area contributed by atoms with Crippen LogP contribution in [-0.4, -0.2) is 52.6 Å². The zero-order valence-corrected chi connectivity index (χ0v) is 10.3. The average Bonchev–Trinajstić information content (AvgIpc) is 3.09. The Hall–Kier alpha value is -1.26. The van der Waals surface area contributed by atoms with Crippen LogP contribution in [0.1, 0.15) is 32.6 Å². The van der Waals surface area contributed by atoms with Gasteiger partial charge in [0.15, 0.2) is 0 Å². The maximum Gasteiger partial charge on any atom is 0.323 e. The smallest absolute Gasteiger partial charge is 0.323 e. The Kier molecular flexibility index (Phi) is 3.54. The van der Waals surface area contributed by atoms with Crippen LogP contribution in [0.3, 0.4) is 0 Å². The second-order valence-electron chi connectivity index (χ2n) is 5.20. The van der Waals surface area contributed by atoms with E-state index < -0.39 is 5.97 Å². The Morgan fingerprint density at radius 3 is 2.29 bits per heavy atom. The van der Waals surface area contributed by atoms with Gasteiger partial charge in [0.25, 0.3) is 0 Å². The van der Waals surface area contributed by atoms with Crippen LogP contribution < -0.4 is 0 Å². The number of carbonyl (C=O) groups excluding carboxylic acids is 1. The molecule has 1 heterocycles. The molecular weight excluding hydrogens is 220 g/mol. The molecule has 2 aliphatic rings. The molecule has 1 aliphatic carbocycles. The van der Waals surface area contributed by atoms with Crippen LogP contribution >= 0.6 is 0 Å². The standard InChI is InChI=1S/C12H20N2O3/c1-9-4-6-13(7-5-9)12(17)14(8-11(15)16)10-2-3-10/h9-10H,2-8H2,1H3,(H,15,16). The SMILES string of the molecule is CC1CCN(C(=O)N(CC(=O)O)C2CC2)CC1. The van der Waals surface area contributed by atoms with Gasteiger partial charge in [-0.2, -0.15) is 0 Å². The highest BCUT2D eigenvalue weighted by molar-refractivity contribution is 5.80. The Morgan fingerprint density at radius 1 is 1.24 bits per heavy atom. The molecule has 2 amide bonds. The molecule has 0 aromatic carbocycles. The molecule has 0 aromatic rings. The van der Waals surface area contributed by atoms with E-state index in [9.17, 15) is 9.59 Å². The molecule has 0 radical (unpaired) electrons. The van der Waals surface area contributed by atoms with Crippen molar-refractivity contribution in [3.63, 3.8) is 0 Å². The largest absolute Gasteiger partial charge is 0.480 e. The Labute approximate surface area is 101 Å². The van der Waals surface area contributed by atoms with E-state index in [-0.39, 0.29) is 18.6 Å². The molecule has 5 heteroatoms. The van der Waals surface area contributed by atoms with Gasteiger partial charge in [0.1, 0.15) is 6.54 Å². The number of piperidine rings is 1. The first-order valence-corrected chi connectivity index (χ1v) is 6.35. The molecule has 1 aliphatic heterocycles. The van der Waals surface area contributed by atoms with Gasteiger partial charge in [0, 0.05) is 19.1 Å². The average molecular weight is 240 g/mol. The monoisotopic (exact) mass is 240 g/mol. The maximum absolute atomic E-state index is 12.2. The summed E-state index contributed by atoms with van der Waals surface area (Å²) in [6, 6.07) is 0.0831. The van der Waals surface area contributed by atoms with Crippen LogP contribution in [0.5, 0.6) is 0 Å². The first kappa shape index (κ1) is 12.2. The molecule has 17 heavy (non-hydrogen) atoms. The minimum absolute atomic E-state index is 0.0817. The fourth-order valence-electron chi connectivity index (χ4n) is 2.27. The molecule has 2 rings (SSSR count). The first-order valence-electron chi connectivity index (χ1n) is 6.35. The van der Waals surface area contributed by atoms with Crippen molar-refractivity contribution in [2.75, 3.05) is 19.6 Å². The summed E-state index contributed by atoms with van der Waals surface area (Å²) in [5.74, 6) is -0.247. The van der Waals surface area contributed by atoms with Gasteiger partial charge >= 0.3 is 12.0 Å². The van der Waals surface area contributed by atoms with Gasteiger partial charge < -0.3 is 14.9 Å². The van der Waals surface area contributed by atoms with Crippen molar-refractivity contribution in [1.29, 1.82) is 0 Å². The summed E-state index contributed by atoms with van der Waals surface area (Å²) in [5.41, 5.74) is 0. The number of hydrogen-bond acceptors (Lipinski definition) is 2. The van der Waals surface area contributed by atoms with Crippen LogP contribution in [-0.2, 0) is 4.79 Å². The quantitative estimate of drug-likeness (QED) is 0.810. The zero-order chi connectivity index (χ0) is 12.4. The molecule has 0 spiro atoms. The number of likely N-dealkylation sites (tertiary alicyclic amines) is 1. The number of carboxylic acids is 1. The molecule has 2 fully saturated rings. The summed E-state index contributed by atoms with van der Waals surface area (Å²) in [4.78, 5) is 26.3. The van der Waals surface area contributed by atoms with E-state index in [1.54, 1.807) is 4.90 Å². The molecule has 0 unspecified atom stereocenters. The number of carboxylic acid groups (broad SMARTS) is 1. The summed E-state index contributed by atoms with van der Waals surface area (Å²) >= 11 is 0. The van der Waals surface area contributed by atoms with Crippen molar-refractivity contribution in [2.45, 2.75) is 38.6 Å². The molecular formula is C12H20N2O3. The molecule has 0 bridgehead atoms. The van der Waals surface area contributed by atoms with Crippen molar-refractivity contribution in [1.82, 2.24) is 9.80 Å². The van der Waals surface area contributed by atoms with E-state index in [2.05, 4.69) is 6.92 Å². The van der Waals surface area contributed by atoms with Gasteiger partial charge in [-0.05, 0) is 31.6 Å². The Bertz CT molecular complexity index is 307. The number of amides is 2. The van der Waals surface area contributed by atoms with Gasteiger partial charge in [-0.1, -0.05) is 6.92 Å². The van der Waals surface area contributed by atoms with Crippen molar-refractivity contribution in [3.05, 3.63) is 0 Å². The lowest BCUT2D eigenvalue weighted by Gasteiger charge is -2.34. The van der Waals surface area contributed by atoms with Gasteiger partial charge in [0.05, 0.1) is 0 Å². The maximum atomic E-state index is 12.2. The molecule has 0 atom stereocenters. The third-order valence-corrected chi connectivity index (χ3v) is 3.59. The Morgan fingerprint density at radius 2 is 1.82 bits per heavy atom. The number of hydrogen-bond donors (Lipinski definition) is 1. The van der Waals surface area contributed by atoms with E-state index in [1.807, 2.05) is 0 Å². The highest BCUT2D eigenvalue weighted by Crippen LogP contribution is 2.28. The van der Waals surface area contributed by atoms with Crippen LogP contribution in [0.2, 0.25) is 0 Å². The van der Waals surface area contributed by atoms with Crippen molar-refractivity contribution in [3.8, 4) is 0 Å². The predicted octanol–water partition coefficient (Wildman–Crippen LogP) is 1.39. The summed E-state index contributed by atoms with van der Waals surface area (Å²) in [7, 11) is 0. The lowest BCUT2D eigenvalue weighted by atomic mass is 9.99. The van der Waals surface area contributed by atoms with Crippen LogP contribution in [0, 0.1) is 5.92 Å². The fourth-order valence-corrected chi connectivity index (χ4v) is 2.27. The van der Waals surface area contributed by atoms with Gasteiger partial charge in [-0.25, -0.2) is 4.79 Å². The topological polar surface area (TPSA) is 60.9 Å². The minimum Gasteiger partial charge on any atom is -0.480 e. The van der Waals surface area contributed by atoms with E-state index in [0.717, 1.165) is 38.8 Å². The molecule has 1 N–H and O–H groups in total. The molecule has 96 valence electrons.